The fraction of sp³-hybridized carbons (Fsp3) is 0.909. The Kier molecular flexibility index (Phi) is 6.54. The highest BCUT2D eigenvalue weighted by Crippen LogP contribution is 2.01. The van der Waals surface area contributed by atoms with Gasteiger partial charge in [0.05, 0.1) is 6.10 Å². The molecule has 0 bridgehead atoms. The third-order valence-corrected chi connectivity index (χ3v) is 2.02. The van der Waals surface area contributed by atoms with Crippen LogP contribution in [0.15, 0.2) is 0 Å². The second-order valence-corrected chi connectivity index (χ2v) is 4.08. The first-order valence-corrected chi connectivity index (χ1v) is 5.34. The molecule has 0 aromatic carbocycles. The SMILES string of the molecule is CC(=O)N(CCCOC(C)C)C(C)C. The number of hydrogen-bond acceptors (Lipinski definition) is 2. The molecule has 1 amide bonds. The van der Waals surface area contributed by atoms with Gasteiger partial charge in [0.25, 0.3) is 0 Å². The summed E-state index contributed by atoms with van der Waals surface area (Å²) >= 11 is 0. The van der Waals surface area contributed by atoms with Crippen LogP contribution in [0.3, 0.4) is 0 Å². The first kappa shape index (κ1) is 13.4. The fourth-order valence-corrected chi connectivity index (χ4v) is 1.33. The zero-order valence-corrected chi connectivity index (χ0v) is 10.0. The fourth-order valence-electron chi connectivity index (χ4n) is 1.33. The van der Waals surface area contributed by atoms with E-state index < -0.39 is 0 Å². The van der Waals surface area contributed by atoms with Crippen molar-refractivity contribution < 1.29 is 9.53 Å². The summed E-state index contributed by atoms with van der Waals surface area (Å²) in [6.45, 7) is 11.2. The molecule has 0 aromatic rings. The van der Waals surface area contributed by atoms with Crippen LogP contribution in [0.2, 0.25) is 0 Å². The topological polar surface area (TPSA) is 29.5 Å². The summed E-state index contributed by atoms with van der Waals surface area (Å²) in [5.74, 6) is 0.143. The summed E-state index contributed by atoms with van der Waals surface area (Å²) in [7, 11) is 0. The Labute approximate surface area is 87.4 Å². The molecular weight excluding hydrogens is 178 g/mol. The van der Waals surface area contributed by atoms with Gasteiger partial charge >= 0.3 is 0 Å². The molecule has 0 spiro atoms. The van der Waals surface area contributed by atoms with Crippen molar-refractivity contribution in [1.82, 2.24) is 4.90 Å². The molecule has 0 aliphatic heterocycles. The van der Waals surface area contributed by atoms with Gasteiger partial charge in [-0.15, -0.1) is 0 Å². The van der Waals surface area contributed by atoms with Crippen LogP contribution in [0.1, 0.15) is 41.0 Å². The third kappa shape index (κ3) is 5.97. The van der Waals surface area contributed by atoms with Crippen molar-refractivity contribution in [3.8, 4) is 0 Å². The normalized spacial score (nSPS) is 11.1. The number of amides is 1. The second kappa shape index (κ2) is 6.82. The van der Waals surface area contributed by atoms with E-state index in [0.29, 0.717) is 0 Å². The van der Waals surface area contributed by atoms with Crippen LogP contribution in [0.5, 0.6) is 0 Å². The highest BCUT2D eigenvalue weighted by atomic mass is 16.5. The van der Waals surface area contributed by atoms with Crippen LogP contribution in [0, 0.1) is 0 Å². The molecule has 3 heteroatoms. The minimum Gasteiger partial charge on any atom is -0.379 e. The third-order valence-electron chi connectivity index (χ3n) is 2.02. The Hall–Kier alpha value is -0.570. The minimum absolute atomic E-state index is 0.143. The standard InChI is InChI=1S/C11H23NO2/c1-9(2)12(11(5)13)7-6-8-14-10(3)4/h9-10H,6-8H2,1-5H3. The lowest BCUT2D eigenvalue weighted by Crippen LogP contribution is -2.36. The van der Waals surface area contributed by atoms with Gasteiger partial charge < -0.3 is 9.64 Å². The molecule has 0 saturated heterocycles. The van der Waals surface area contributed by atoms with Crippen LogP contribution in [-0.2, 0) is 9.53 Å². The molecule has 0 aliphatic carbocycles. The van der Waals surface area contributed by atoms with Crippen molar-refractivity contribution in [2.45, 2.75) is 53.2 Å². The summed E-state index contributed by atoms with van der Waals surface area (Å²) in [5.41, 5.74) is 0. The minimum atomic E-state index is 0.143. The summed E-state index contributed by atoms with van der Waals surface area (Å²) in [6, 6.07) is 0.284. The van der Waals surface area contributed by atoms with E-state index in [4.69, 9.17) is 4.74 Å². The molecule has 0 unspecified atom stereocenters. The lowest BCUT2D eigenvalue weighted by Gasteiger charge is -2.25. The molecule has 3 nitrogen and oxygen atoms in total. The lowest BCUT2D eigenvalue weighted by atomic mass is 10.3. The molecule has 0 N–H and O–H groups in total. The largest absolute Gasteiger partial charge is 0.379 e. The van der Waals surface area contributed by atoms with E-state index in [2.05, 4.69) is 0 Å². The molecule has 84 valence electrons. The number of carbonyl (C=O) groups is 1. The summed E-state index contributed by atoms with van der Waals surface area (Å²) in [6.07, 6.45) is 1.19. The monoisotopic (exact) mass is 201 g/mol. The van der Waals surface area contributed by atoms with Crippen molar-refractivity contribution >= 4 is 5.91 Å². The molecule has 0 fully saturated rings. The Balaban J connectivity index is 3.67. The summed E-state index contributed by atoms with van der Waals surface area (Å²) in [4.78, 5) is 13.1. The molecule has 0 heterocycles. The van der Waals surface area contributed by atoms with Crippen molar-refractivity contribution in [3.05, 3.63) is 0 Å². The van der Waals surface area contributed by atoms with Crippen LogP contribution < -0.4 is 0 Å². The maximum Gasteiger partial charge on any atom is 0.219 e. The van der Waals surface area contributed by atoms with Crippen molar-refractivity contribution in [2.24, 2.45) is 0 Å². The zero-order chi connectivity index (χ0) is 11.1. The van der Waals surface area contributed by atoms with E-state index in [9.17, 15) is 4.79 Å². The lowest BCUT2D eigenvalue weighted by molar-refractivity contribution is -0.130. The Morgan fingerprint density at radius 2 is 1.86 bits per heavy atom. The molecule has 14 heavy (non-hydrogen) atoms. The van der Waals surface area contributed by atoms with Gasteiger partial charge in [0.15, 0.2) is 0 Å². The quantitative estimate of drug-likeness (QED) is 0.616. The maximum absolute atomic E-state index is 11.2. The predicted octanol–water partition coefficient (Wildman–Crippen LogP) is 2.06. The highest BCUT2D eigenvalue weighted by molar-refractivity contribution is 5.73. The van der Waals surface area contributed by atoms with Gasteiger partial charge in [0.1, 0.15) is 0 Å². The van der Waals surface area contributed by atoms with Gasteiger partial charge in [-0.2, -0.15) is 0 Å². The highest BCUT2D eigenvalue weighted by Gasteiger charge is 2.11. The molecule has 0 rings (SSSR count). The zero-order valence-electron chi connectivity index (χ0n) is 10.0. The Morgan fingerprint density at radius 1 is 1.29 bits per heavy atom. The van der Waals surface area contributed by atoms with E-state index in [1.165, 1.54) is 0 Å². The van der Waals surface area contributed by atoms with E-state index >= 15 is 0 Å². The Bertz CT molecular complexity index is 167. The van der Waals surface area contributed by atoms with Gasteiger partial charge in [-0.05, 0) is 34.1 Å². The van der Waals surface area contributed by atoms with E-state index in [0.717, 1.165) is 19.6 Å². The van der Waals surface area contributed by atoms with Gasteiger partial charge in [0, 0.05) is 26.1 Å². The van der Waals surface area contributed by atoms with Gasteiger partial charge in [-0.25, -0.2) is 0 Å². The summed E-state index contributed by atoms with van der Waals surface area (Å²) in [5, 5.41) is 0. The number of rotatable bonds is 6. The van der Waals surface area contributed by atoms with Crippen LogP contribution in [0.25, 0.3) is 0 Å². The van der Waals surface area contributed by atoms with E-state index in [1.807, 2.05) is 32.6 Å². The first-order valence-electron chi connectivity index (χ1n) is 5.34. The van der Waals surface area contributed by atoms with E-state index in [1.54, 1.807) is 6.92 Å². The number of carbonyl (C=O) groups excluding carboxylic acids is 1. The van der Waals surface area contributed by atoms with E-state index in [-0.39, 0.29) is 18.1 Å². The molecule has 0 radical (unpaired) electrons. The molecule has 0 aromatic heterocycles. The smallest absolute Gasteiger partial charge is 0.219 e. The van der Waals surface area contributed by atoms with Crippen molar-refractivity contribution in [2.75, 3.05) is 13.2 Å². The van der Waals surface area contributed by atoms with Crippen molar-refractivity contribution in [1.29, 1.82) is 0 Å². The van der Waals surface area contributed by atoms with Crippen molar-refractivity contribution in [3.63, 3.8) is 0 Å². The van der Waals surface area contributed by atoms with Crippen LogP contribution >= 0.6 is 0 Å². The average Bonchev–Trinajstić information content (AvgIpc) is 2.01. The van der Waals surface area contributed by atoms with Gasteiger partial charge in [-0.3, -0.25) is 4.79 Å². The second-order valence-electron chi connectivity index (χ2n) is 4.08. The number of ether oxygens (including phenoxy) is 1. The van der Waals surface area contributed by atoms with Gasteiger partial charge in [-0.1, -0.05) is 0 Å². The maximum atomic E-state index is 11.2. The van der Waals surface area contributed by atoms with Gasteiger partial charge in [0.2, 0.25) is 5.91 Å². The molecule has 0 atom stereocenters. The summed E-state index contributed by atoms with van der Waals surface area (Å²) < 4.78 is 5.41. The number of nitrogens with zero attached hydrogens (tertiary/aromatic N) is 1. The Morgan fingerprint density at radius 3 is 2.21 bits per heavy atom. The van der Waals surface area contributed by atoms with Crippen LogP contribution in [0.4, 0.5) is 0 Å². The predicted molar refractivity (Wildman–Crippen MR) is 58.2 cm³/mol. The molecule has 0 saturated carbocycles. The molecular formula is C11H23NO2. The van der Waals surface area contributed by atoms with Crippen LogP contribution in [-0.4, -0.2) is 36.1 Å². The number of hydrogen-bond donors (Lipinski definition) is 0. The average molecular weight is 201 g/mol. The first-order chi connectivity index (χ1) is 6.45. The molecule has 0 aliphatic rings.